The molecule has 0 amide bonds. The minimum atomic E-state index is -1.20. The molecule has 0 unspecified atom stereocenters. The molecule has 0 aromatic heterocycles. The Morgan fingerprint density at radius 3 is 1.71 bits per heavy atom. The molecule has 3 aromatic rings. The smallest absolute Gasteiger partial charge is 0.217 e. The second-order valence-corrected chi connectivity index (χ2v) is 6.43. The number of rotatable bonds is 4. The third-order valence-corrected chi connectivity index (χ3v) is 4.23. The maximum absolute atomic E-state index is 9.35. The van der Waals surface area contributed by atoms with Crippen molar-refractivity contribution in [3.8, 4) is 23.7 Å². The van der Waals surface area contributed by atoms with Crippen molar-refractivity contribution in [1.82, 2.24) is 0 Å². The van der Waals surface area contributed by atoms with Crippen LogP contribution >= 0.6 is 11.6 Å². The molecule has 0 heterocycles. The monoisotopic (exact) mass is 386 g/mol. The Balaban J connectivity index is 2.12. The van der Waals surface area contributed by atoms with Gasteiger partial charge in [0.25, 0.3) is 0 Å². The van der Waals surface area contributed by atoms with Gasteiger partial charge in [0.2, 0.25) is 5.60 Å². The van der Waals surface area contributed by atoms with Gasteiger partial charge in [-0.1, -0.05) is 72.0 Å². The van der Waals surface area contributed by atoms with E-state index in [1.54, 1.807) is 12.1 Å². The van der Waals surface area contributed by atoms with E-state index >= 15 is 0 Å². The number of ether oxygens (including phenoxy) is 1. The summed E-state index contributed by atoms with van der Waals surface area (Å²) in [7, 11) is 0. The first-order valence-electron chi connectivity index (χ1n) is 8.89. The highest BCUT2D eigenvalue weighted by Crippen LogP contribution is 2.27. The van der Waals surface area contributed by atoms with Crippen LogP contribution in [-0.4, -0.2) is 18.3 Å². The van der Waals surface area contributed by atoms with Crippen LogP contribution in [0.2, 0.25) is 5.02 Å². The first-order chi connectivity index (χ1) is 13.7. The van der Waals surface area contributed by atoms with Gasteiger partial charge >= 0.3 is 0 Å². The minimum Gasteiger partial charge on any atom is -0.394 e. The van der Waals surface area contributed by atoms with E-state index in [2.05, 4.69) is 23.7 Å². The van der Waals surface area contributed by atoms with Crippen LogP contribution < -0.4 is 0 Å². The standard InChI is InChI=1S/C25H19ClO2/c26-24-13-11-23(12-14-24)25(28-20-19-27,17-15-21-7-3-1-4-8-21)18-16-22-9-5-2-6-10-22/h1-14,27H,19-20H2. The predicted octanol–water partition coefficient (Wildman–Crippen LogP) is 4.65. The average molecular weight is 387 g/mol. The van der Waals surface area contributed by atoms with Gasteiger partial charge in [0.05, 0.1) is 13.2 Å². The molecule has 2 nitrogen and oxygen atoms in total. The van der Waals surface area contributed by atoms with Gasteiger partial charge in [-0.2, -0.15) is 0 Å². The topological polar surface area (TPSA) is 29.5 Å². The fraction of sp³-hybridized carbons (Fsp3) is 0.120. The maximum Gasteiger partial charge on any atom is 0.217 e. The minimum absolute atomic E-state index is 0.107. The van der Waals surface area contributed by atoms with Gasteiger partial charge in [-0.3, -0.25) is 0 Å². The van der Waals surface area contributed by atoms with E-state index in [1.807, 2.05) is 72.8 Å². The molecule has 138 valence electrons. The van der Waals surface area contributed by atoms with Crippen LogP contribution in [0, 0.1) is 23.7 Å². The summed E-state index contributed by atoms with van der Waals surface area (Å²) in [5.74, 6) is 12.7. The van der Waals surface area contributed by atoms with E-state index in [1.165, 1.54) is 0 Å². The Hall–Kier alpha value is -3.01. The lowest BCUT2D eigenvalue weighted by Gasteiger charge is -2.23. The molecule has 3 rings (SSSR count). The highest BCUT2D eigenvalue weighted by molar-refractivity contribution is 6.30. The fourth-order valence-corrected chi connectivity index (χ4v) is 2.70. The number of halogens is 1. The first-order valence-corrected chi connectivity index (χ1v) is 9.27. The summed E-state index contributed by atoms with van der Waals surface area (Å²) in [6.45, 7) is -0.0229. The Morgan fingerprint density at radius 2 is 1.25 bits per heavy atom. The average Bonchev–Trinajstić information content (AvgIpc) is 2.76. The molecule has 0 aliphatic carbocycles. The van der Waals surface area contributed by atoms with E-state index in [9.17, 15) is 5.11 Å². The Bertz CT molecular complexity index is 947. The molecule has 0 radical (unpaired) electrons. The molecule has 0 saturated carbocycles. The third kappa shape index (κ3) is 5.26. The van der Waals surface area contributed by atoms with Crippen molar-refractivity contribution in [3.63, 3.8) is 0 Å². The summed E-state index contributed by atoms with van der Waals surface area (Å²) in [6, 6.07) is 26.6. The number of hydrogen-bond donors (Lipinski definition) is 1. The van der Waals surface area contributed by atoms with Gasteiger partial charge in [-0.25, -0.2) is 0 Å². The van der Waals surface area contributed by atoms with Crippen molar-refractivity contribution in [2.24, 2.45) is 0 Å². The summed E-state index contributed by atoms with van der Waals surface area (Å²) < 4.78 is 6.01. The number of aliphatic hydroxyl groups excluding tert-OH is 1. The second-order valence-electron chi connectivity index (χ2n) is 5.99. The van der Waals surface area contributed by atoms with Crippen LogP contribution in [0.5, 0.6) is 0 Å². The number of aliphatic hydroxyl groups is 1. The molecule has 1 N–H and O–H groups in total. The van der Waals surface area contributed by atoms with Crippen LogP contribution in [0.25, 0.3) is 0 Å². The zero-order valence-electron chi connectivity index (χ0n) is 15.2. The largest absolute Gasteiger partial charge is 0.394 e. The molecule has 3 aromatic carbocycles. The molecule has 0 bridgehead atoms. The van der Waals surface area contributed by atoms with E-state index in [-0.39, 0.29) is 13.2 Å². The van der Waals surface area contributed by atoms with E-state index < -0.39 is 5.60 Å². The summed E-state index contributed by atoms with van der Waals surface area (Å²) in [5, 5.41) is 9.97. The number of hydrogen-bond acceptors (Lipinski definition) is 2. The lowest BCUT2D eigenvalue weighted by Crippen LogP contribution is -2.28. The van der Waals surface area contributed by atoms with Gasteiger partial charge in [0.15, 0.2) is 0 Å². The van der Waals surface area contributed by atoms with Crippen molar-refractivity contribution in [1.29, 1.82) is 0 Å². The highest BCUT2D eigenvalue weighted by atomic mass is 35.5. The lowest BCUT2D eigenvalue weighted by molar-refractivity contribution is 0.0163. The van der Waals surface area contributed by atoms with Crippen LogP contribution in [0.1, 0.15) is 16.7 Å². The molecule has 3 heteroatoms. The quantitative estimate of drug-likeness (QED) is 0.661. The molecule has 0 spiro atoms. The molecule has 0 aliphatic heterocycles. The second kappa shape index (κ2) is 9.79. The van der Waals surface area contributed by atoms with E-state index in [4.69, 9.17) is 16.3 Å². The molecule has 28 heavy (non-hydrogen) atoms. The summed E-state index contributed by atoms with van der Waals surface area (Å²) in [4.78, 5) is 0. The normalized spacial score (nSPS) is 10.4. The van der Waals surface area contributed by atoms with Crippen molar-refractivity contribution in [3.05, 3.63) is 107 Å². The van der Waals surface area contributed by atoms with Gasteiger partial charge in [-0.05, 0) is 48.2 Å². The van der Waals surface area contributed by atoms with Gasteiger partial charge < -0.3 is 9.84 Å². The summed E-state index contributed by atoms with van der Waals surface area (Å²) >= 11 is 6.06. The Morgan fingerprint density at radius 1 is 0.750 bits per heavy atom. The third-order valence-electron chi connectivity index (χ3n) is 3.97. The molecule has 0 atom stereocenters. The predicted molar refractivity (Wildman–Crippen MR) is 113 cm³/mol. The Kier molecular flexibility index (Phi) is 6.90. The SMILES string of the molecule is OCCOC(C#Cc1ccccc1)(C#Cc1ccccc1)c1ccc(Cl)cc1. The first kappa shape index (κ1) is 19.7. The Labute approximate surface area is 170 Å². The van der Waals surface area contributed by atoms with Crippen LogP contribution in [-0.2, 0) is 10.3 Å². The molecular formula is C25H19ClO2. The van der Waals surface area contributed by atoms with Crippen molar-refractivity contribution in [2.75, 3.05) is 13.2 Å². The van der Waals surface area contributed by atoms with Crippen LogP contribution in [0.3, 0.4) is 0 Å². The number of benzene rings is 3. The van der Waals surface area contributed by atoms with Crippen molar-refractivity contribution >= 4 is 11.6 Å². The van der Waals surface area contributed by atoms with Gasteiger partial charge in [-0.15, -0.1) is 0 Å². The molecular weight excluding hydrogens is 368 g/mol. The van der Waals surface area contributed by atoms with Crippen LogP contribution in [0.15, 0.2) is 84.9 Å². The maximum atomic E-state index is 9.35. The summed E-state index contributed by atoms with van der Waals surface area (Å²) in [6.07, 6.45) is 0. The summed E-state index contributed by atoms with van der Waals surface area (Å²) in [5.41, 5.74) is 1.28. The molecule has 0 fully saturated rings. The zero-order chi connectivity index (χ0) is 19.7. The van der Waals surface area contributed by atoms with E-state index in [0.29, 0.717) is 5.02 Å². The molecule has 0 saturated heterocycles. The molecule has 0 aliphatic rings. The lowest BCUT2D eigenvalue weighted by atomic mass is 9.93. The van der Waals surface area contributed by atoms with Crippen molar-refractivity contribution in [2.45, 2.75) is 5.60 Å². The van der Waals surface area contributed by atoms with E-state index in [0.717, 1.165) is 16.7 Å². The fourth-order valence-electron chi connectivity index (χ4n) is 2.58. The van der Waals surface area contributed by atoms with Crippen LogP contribution in [0.4, 0.5) is 0 Å². The highest BCUT2D eigenvalue weighted by Gasteiger charge is 2.29. The zero-order valence-corrected chi connectivity index (χ0v) is 16.0. The van der Waals surface area contributed by atoms with Gasteiger partial charge in [0.1, 0.15) is 0 Å². The van der Waals surface area contributed by atoms with Crippen molar-refractivity contribution < 1.29 is 9.84 Å². The van der Waals surface area contributed by atoms with Gasteiger partial charge in [0, 0.05) is 21.7 Å².